The maximum absolute atomic E-state index is 5.82. The number of rotatable bonds is 3. The van der Waals surface area contributed by atoms with Crippen molar-refractivity contribution in [3.8, 4) is 0 Å². The monoisotopic (exact) mass is 211 g/mol. The van der Waals surface area contributed by atoms with Crippen LogP contribution in [0.4, 0.5) is 0 Å². The van der Waals surface area contributed by atoms with Crippen molar-refractivity contribution in [3.63, 3.8) is 0 Å². The number of hydrogen-bond donors (Lipinski definition) is 1. The van der Waals surface area contributed by atoms with Crippen LogP contribution >= 0.6 is 11.3 Å². The molecule has 0 aliphatic rings. The van der Waals surface area contributed by atoms with E-state index in [4.69, 9.17) is 5.73 Å². The van der Waals surface area contributed by atoms with Gasteiger partial charge in [0.25, 0.3) is 0 Å². The molecule has 1 atom stereocenters. The molecule has 0 spiro atoms. The van der Waals surface area contributed by atoms with Crippen molar-refractivity contribution in [3.05, 3.63) is 22.4 Å². The Kier molecular flexibility index (Phi) is 3.95. The number of nitrogens with zero attached hydrogens (tertiary/aromatic N) is 2. The molecule has 0 aliphatic carbocycles. The van der Waals surface area contributed by atoms with E-state index in [0.29, 0.717) is 12.0 Å². The van der Waals surface area contributed by atoms with E-state index in [1.54, 1.807) is 11.3 Å². The second-order valence-corrected chi connectivity index (χ2v) is 4.11. The maximum Gasteiger partial charge on any atom is 0.191 e. The van der Waals surface area contributed by atoms with Gasteiger partial charge in [-0.25, -0.2) is 0 Å². The molecule has 4 heteroatoms. The lowest BCUT2D eigenvalue weighted by Crippen LogP contribution is -2.35. The maximum atomic E-state index is 5.82. The minimum absolute atomic E-state index is 0.297. The van der Waals surface area contributed by atoms with Crippen LogP contribution in [0.2, 0.25) is 0 Å². The van der Waals surface area contributed by atoms with Gasteiger partial charge in [0.05, 0.1) is 6.04 Å². The molecule has 0 bridgehead atoms. The van der Waals surface area contributed by atoms with E-state index in [1.807, 2.05) is 18.9 Å². The Labute approximate surface area is 89.3 Å². The van der Waals surface area contributed by atoms with E-state index < -0.39 is 0 Å². The van der Waals surface area contributed by atoms with Gasteiger partial charge in [0.2, 0.25) is 0 Å². The lowest BCUT2D eigenvalue weighted by atomic mass is 10.2. The minimum atomic E-state index is 0.297. The largest absolute Gasteiger partial charge is 0.370 e. The highest BCUT2D eigenvalue weighted by atomic mass is 32.1. The first kappa shape index (κ1) is 11.0. The Morgan fingerprint density at radius 3 is 2.93 bits per heavy atom. The van der Waals surface area contributed by atoms with Crippen LogP contribution in [-0.2, 0) is 0 Å². The average molecular weight is 211 g/mol. The normalized spacial score (nSPS) is 14.1. The molecule has 1 aromatic heterocycles. The molecule has 14 heavy (non-hydrogen) atoms. The molecule has 0 aromatic carbocycles. The lowest BCUT2D eigenvalue weighted by molar-refractivity contribution is 0.402. The van der Waals surface area contributed by atoms with Gasteiger partial charge < -0.3 is 10.6 Å². The molecule has 0 saturated carbocycles. The Balaban J connectivity index is 2.70. The molecule has 0 amide bonds. The smallest absolute Gasteiger partial charge is 0.191 e. The molecule has 1 rings (SSSR count). The molecule has 0 aliphatic heterocycles. The van der Waals surface area contributed by atoms with Gasteiger partial charge in [-0.3, -0.25) is 4.99 Å². The molecule has 1 unspecified atom stereocenters. The Hall–Kier alpha value is -1.03. The van der Waals surface area contributed by atoms with E-state index in [-0.39, 0.29) is 0 Å². The third kappa shape index (κ3) is 2.48. The van der Waals surface area contributed by atoms with Crippen molar-refractivity contribution in [2.75, 3.05) is 13.6 Å². The zero-order chi connectivity index (χ0) is 10.6. The molecule has 0 radical (unpaired) electrons. The van der Waals surface area contributed by atoms with Crippen molar-refractivity contribution in [1.82, 2.24) is 4.90 Å². The van der Waals surface area contributed by atoms with Gasteiger partial charge in [-0.1, -0.05) is 6.07 Å². The van der Waals surface area contributed by atoms with Gasteiger partial charge >= 0.3 is 0 Å². The van der Waals surface area contributed by atoms with Crippen LogP contribution in [0.5, 0.6) is 0 Å². The fourth-order valence-corrected chi connectivity index (χ4v) is 2.02. The number of hydrogen-bond acceptors (Lipinski definition) is 2. The number of nitrogens with two attached hydrogens (primary N) is 1. The van der Waals surface area contributed by atoms with E-state index >= 15 is 0 Å². The lowest BCUT2D eigenvalue weighted by Gasteiger charge is -2.24. The molecular formula is C10H17N3S. The van der Waals surface area contributed by atoms with E-state index in [2.05, 4.69) is 29.4 Å². The summed E-state index contributed by atoms with van der Waals surface area (Å²) < 4.78 is 0. The molecular weight excluding hydrogens is 194 g/mol. The predicted molar refractivity (Wildman–Crippen MR) is 62.7 cm³/mol. The highest BCUT2D eigenvalue weighted by Gasteiger charge is 2.13. The topological polar surface area (TPSA) is 41.6 Å². The number of thiophene rings is 1. The van der Waals surface area contributed by atoms with Crippen molar-refractivity contribution in [2.45, 2.75) is 19.9 Å². The third-order valence-electron chi connectivity index (χ3n) is 2.22. The van der Waals surface area contributed by atoms with Gasteiger partial charge in [0, 0.05) is 18.5 Å². The quantitative estimate of drug-likeness (QED) is 0.614. The molecule has 1 aromatic rings. The molecule has 0 saturated heterocycles. The van der Waals surface area contributed by atoms with Crippen LogP contribution in [0.25, 0.3) is 0 Å². The van der Waals surface area contributed by atoms with Crippen molar-refractivity contribution < 1.29 is 0 Å². The van der Waals surface area contributed by atoms with Crippen molar-refractivity contribution >= 4 is 17.3 Å². The van der Waals surface area contributed by atoms with Crippen LogP contribution in [0, 0.1) is 0 Å². The van der Waals surface area contributed by atoms with E-state index in [0.717, 1.165) is 6.54 Å². The molecule has 2 N–H and O–H groups in total. The molecule has 3 nitrogen and oxygen atoms in total. The van der Waals surface area contributed by atoms with Gasteiger partial charge in [0.15, 0.2) is 5.96 Å². The summed E-state index contributed by atoms with van der Waals surface area (Å²) in [6.45, 7) is 4.84. The Morgan fingerprint density at radius 1 is 1.71 bits per heavy atom. The third-order valence-corrected chi connectivity index (χ3v) is 3.26. The van der Waals surface area contributed by atoms with E-state index in [1.165, 1.54) is 4.88 Å². The second kappa shape index (κ2) is 5.00. The first-order valence-corrected chi connectivity index (χ1v) is 5.61. The predicted octanol–water partition coefficient (Wildman–Crippen LogP) is 2.08. The summed E-state index contributed by atoms with van der Waals surface area (Å²) in [5.41, 5.74) is 5.82. The standard InChI is InChI=1S/C10H17N3S/c1-4-12-10(11)13(3)8(2)9-6-5-7-14-9/h5-8H,4H2,1-3H3,(H2,11,12). The van der Waals surface area contributed by atoms with Gasteiger partial charge in [-0.05, 0) is 25.3 Å². The summed E-state index contributed by atoms with van der Waals surface area (Å²) in [6.07, 6.45) is 0. The molecule has 0 fully saturated rings. The fraction of sp³-hybridized carbons (Fsp3) is 0.500. The van der Waals surface area contributed by atoms with Crippen LogP contribution in [0.1, 0.15) is 24.8 Å². The summed E-state index contributed by atoms with van der Waals surface area (Å²) in [4.78, 5) is 7.48. The van der Waals surface area contributed by atoms with Crippen LogP contribution < -0.4 is 5.73 Å². The van der Waals surface area contributed by atoms with Gasteiger partial charge in [0.1, 0.15) is 0 Å². The Morgan fingerprint density at radius 2 is 2.43 bits per heavy atom. The zero-order valence-corrected chi connectivity index (χ0v) is 9.71. The average Bonchev–Trinajstić information content (AvgIpc) is 2.68. The summed E-state index contributed by atoms with van der Waals surface area (Å²) in [5.74, 6) is 0.605. The fourth-order valence-electron chi connectivity index (χ4n) is 1.19. The van der Waals surface area contributed by atoms with Crippen LogP contribution in [-0.4, -0.2) is 24.5 Å². The summed E-state index contributed by atoms with van der Waals surface area (Å²) in [6, 6.07) is 4.47. The highest BCUT2D eigenvalue weighted by molar-refractivity contribution is 7.10. The van der Waals surface area contributed by atoms with Gasteiger partial charge in [-0.2, -0.15) is 0 Å². The number of aliphatic imine (C=N–C) groups is 1. The van der Waals surface area contributed by atoms with Crippen LogP contribution in [0.3, 0.4) is 0 Å². The minimum Gasteiger partial charge on any atom is -0.370 e. The Bertz CT molecular complexity index is 292. The first-order chi connectivity index (χ1) is 6.66. The van der Waals surface area contributed by atoms with Crippen molar-refractivity contribution in [2.24, 2.45) is 10.7 Å². The zero-order valence-electron chi connectivity index (χ0n) is 8.90. The molecule has 78 valence electrons. The van der Waals surface area contributed by atoms with Crippen LogP contribution in [0.15, 0.2) is 22.5 Å². The van der Waals surface area contributed by atoms with Crippen molar-refractivity contribution in [1.29, 1.82) is 0 Å². The van der Waals surface area contributed by atoms with Gasteiger partial charge in [-0.15, -0.1) is 11.3 Å². The second-order valence-electron chi connectivity index (χ2n) is 3.13. The summed E-state index contributed by atoms with van der Waals surface area (Å²) in [5, 5.41) is 2.08. The highest BCUT2D eigenvalue weighted by Crippen LogP contribution is 2.22. The first-order valence-electron chi connectivity index (χ1n) is 4.73. The number of guanidine groups is 1. The SMILES string of the molecule is CCN=C(N)N(C)C(C)c1cccs1. The summed E-state index contributed by atoms with van der Waals surface area (Å²) in [7, 11) is 1.97. The van der Waals surface area contributed by atoms with E-state index in [9.17, 15) is 0 Å². The molecule has 1 heterocycles. The summed E-state index contributed by atoms with van der Waals surface area (Å²) >= 11 is 1.74.